The van der Waals surface area contributed by atoms with Gasteiger partial charge in [-0.15, -0.1) is 0 Å². The number of hydrogen-bond acceptors (Lipinski definition) is 3. The first kappa shape index (κ1) is 27.4. The Bertz CT molecular complexity index is 1940. The Kier molecular flexibility index (Phi) is 5.42. The van der Waals surface area contributed by atoms with Crippen LogP contribution in [-0.2, 0) is 16.2 Å². The minimum Gasteiger partial charge on any atom is -0.458 e. The molecule has 0 N–H and O–H groups in total. The van der Waals surface area contributed by atoms with Crippen molar-refractivity contribution in [3.8, 4) is 23.0 Å². The van der Waals surface area contributed by atoms with E-state index in [4.69, 9.17) is 9.47 Å². The Hall–Kier alpha value is -4.18. The zero-order valence-electron chi connectivity index (χ0n) is 27.3. The van der Waals surface area contributed by atoms with E-state index in [2.05, 4.69) is 146 Å². The van der Waals surface area contributed by atoms with E-state index in [-0.39, 0.29) is 23.0 Å². The Balaban J connectivity index is 1.50. The third kappa shape index (κ3) is 3.96. The standard InChI is InChI=1S/C40H40BNO2/c1-38(2,3)25-17-29-35-31(19-25)43-33-21-27(40(7,8)9)22-34-37(33)41(35)36-30(18-26(39(4,5)6)20-32(36)44-34)42(29)28-15-14-23-12-10-11-13-24(23)16-28/h10-22H,1-9H3. The van der Waals surface area contributed by atoms with Crippen molar-refractivity contribution in [3.05, 3.63) is 95.6 Å². The number of fused-ring (bicyclic) bond motifs is 1. The topological polar surface area (TPSA) is 21.7 Å². The SMILES string of the molecule is CC(C)(C)c1cc2c3c(c1)Oc1cc(C(C)(C)C)cc4c1B3c1c(cc(C(C)(C)C)cc1N4c1ccc3ccccc3c1)O2. The number of anilines is 3. The molecule has 3 heterocycles. The van der Waals surface area contributed by atoms with Crippen LogP contribution in [0.25, 0.3) is 10.8 Å². The Morgan fingerprint density at radius 1 is 0.477 bits per heavy atom. The van der Waals surface area contributed by atoms with Gasteiger partial charge >= 0.3 is 0 Å². The Morgan fingerprint density at radius 2 is 0.909 bits per heavy atom. The van der Waals surface area contributed by atoms with Gasteiger partial charge in [0, 0.05) is 22.5 Å². The van der Waals surface area contributed by atoms with Gasteiger partial charge in [-0.25, -0.2) is 0 Å². The summed E-state index contributed by atoms with van der Waals surface area (Å²) in [6.07, 6.45) is 0. The van der Waals surface area contributed by atoms with Crippen LogP contribution in [0, 0.1) is 0 Å². The predicted octanol–water partition coefficient (Wildman–Crippen LogP) is 9.24. The van der Waals surface area contributed by atoms with Gasteiger partial charge in [-0.2, -0.15) is 0 Å². The summed E-state index contributed by atoms with van der Waals surface area (Å²) in [4.78, 5) is 2.47. The van der Waals surface area contributed by atoms with Crippen LogP contribution >= 0.6 is 0 Å². The fraction of sp³-hybridized carbons (Fsp3) is 0.300. The van der Waals surface area contributed by atoms with E-state index in [0.29, 0.717) is 0 Å². The average Bonchev–Trinajstić information content (AvgIpc) is 2.95. The van der Waals surface area contributed by atoms with Gasteiger partial charge in [0.2, 0.25) is 0 Å². The fourth-order valence-corrected chi connectivity index (χ4v) is 7.09. The van der Waals surface area contributed by atoms with Gasteiger partial charge in [0.1, 0.15) is 23.0 Å². The molecule has 3 nitrogen and oxygen atoms in total. The van der Waals surface area contributed by atoms with E-state index in [1.54, 1.807) is 0 Å². The highest BCUT2D eigenvalue weighted by atomic mass is 16.5. The monoisotopic (exact) mass is 577 g/mol. The molecule has 4 heteroatoms. The molecule has 5 aromatic carbocycles. The van der Waals surface area contributed by atoms with E-state index in [1.165, 1.54) is 49.8 Å². The second-order valence-electron chi connectivity index (χ2n) is 16.0. The van der Waals surface area contributed by atoms with Gasteiger partial charge in [-0.3, -0.25) is 0 Å². The fourth-order valence-electron chi connectivity index (χ4n) is 7.09. The first-order valence-electron chi connectivity index (χ1n) is 15.9. The van der Waals surface area contributed by atoms with Crippen LogP contribution in [0.3, 0.4) is 0 Å². The van der Waals surface area contributed by atoms with Gasteiger partial charge in [0.25, 0.3) is 6.71 Å². The highest BCUT2D eigenvalue weighted by Gasteiger charge is 2.49. The Morgan fingerprint density at radius 3 is 1.39 bits per heavy atom. The maximum Gasteiger partial charge on any atom is 0.266 e. The molecule has 0 radical (unpaired) electrons. The number of hydrogen-bond donors (Lipinski definition) is 0. The van der Waals surface area contributed by atoms with E-state index in [9.17, 15) is 0 Å². The zero-order chi connectivity index (χ0) is 30.9. The smallest absolute Gasteiger partial charge is 0.266 e. The number of ether oxygens (including phenoxy) is 2. The molecular formula is C40H40BNO2. The molecular weight excluding hydrogens is 537 g/mol. The van der Waals surface area contributed by atoms with Crippen molar-refractivity contribution < 1.29 is 9.47 Å². The van der Waals surface area contributed by atoms with E-state index < -0.39 is 0 Å². The summed E-state index contributed by atoms with van der Waals surface area (Å²) in [7, 11) is 0. The molecule has 0 unspecified atom stereocenters. The first-order chi connectivity index (χ1) is 20.7. The highest BCUT2D eigenvalue weighted by Crippen LogP contribution is 2.49. The molecule has 0 saturated heterocycles. The van der Waals surface area contributed by atoms with Gasteiger partial charge in [-0.05, 0) is 103 Å². The molecule has 8 rings (SSSR count). The molecule has 5 aromatic rings. The number of rotatable bonds is 1. The van der Waals surface area contributed by atoms with Crippen LogP contribution in [0.2, 0.25) is 0 Å². The molecule has 0 spiro atoms. The van der Waals surface area contributed by atoms with Crippen LogP contribution in [0.4, 0.5) is 17.1 Å². The predicted molar refractivity (Wildman–Crippen MR) is 186 cm³/mol. The van der Waals surface area contributed by atoms with Crippen molar-refractivity contribution in [2.75, 3.05) is 4.90 Å². The quantitative estimate of drug-likeness (QED) is 0.182. The summed E-state index contributed by atoms with van der Waals surface area (Å²) in [6, 6.07) is 29.3. The minimum absolute atomic E-state index is 0.0336. The third-order valence-electron chi connectivity index (χ3n) is 9.72. The van der Waals surface area contributed by atoms with Crippen LogP contribution in [0.5, 0.6) is 23.0 Å². The molecule has 3 aliphatic heterocycles. The maximum atomic E-state index is 6.95. The highest BCUT2D eigenvalue weighted by molar-refractivity contribution is 7.00. The molecule has 0 amide bonds. The van der Waals surface area contributed by atoms with E-state index in [1.807, 2.05) is 0 Å². The lowest BCUT2D eigenvalue weighted by molar-refractivity contribution is 0.455. The second kappa shape index (κ2) is 8.72. The van der Waals surface area contributed by atoms with Crippen LogP contribution in [-0.4, -0.2) is 6.71 Å². The van der Waals surface area contributed by atoms with E-state index in [0.717, 1.165) is 34.1 Å². The molecule has 44 heavy (non-hydrogen) atoms. The van der Waals surface area contributed by atoms with Crippen LogP contribution in [0.1, 0.15) is 79.0 Å². The van der Waals surface area contributed by atoms with Crippen LogP contribution in [0.15, 0.2) is 78.9 Å². The molecule has 0 aliphatic carbocycles. The summed E-state index contributed by atoms with van der Waals surface area (Å²) >= 11 is 0. The molecule has 220 valence electrons. The summed E-state index contributed by atoms with van der Waals surface area (Å²) in [5, 5.41) is 2.46. The average molecular weight is 578 g/mol. The summed E-state index contributed by atoms with van der Waals surface area (Å²) in [5.74, 6) is 3.73. The Labute approximate surface area is 261 Å². The zero-order valence-corrected chi connectivity index (χ0v) is 27.3. The lowest BCUT2D eigenvalue weighted by Gasteiger charge is -2.44. The van der Waals surface area contributed by atoms with Crippen molar-refractivity contribution >= 4 is 50.9 Å². The van der Waals surface area contributed by atoms with Crippen molar-refractivity contribution in [2.45, 2.75) is 78.6 Å². The second-order valence-corrected chi connectivity index (χ2v) is 16.0. The lowest BCUT2D eigenvalue weighted by Crippen LogP contribution is -2.62. The molecule has 3 aliphatic rings. The number of nitrogens with zero attached hydrogens (tertiary/aromatic N) is 1. The van der Waals surface area contributed by atoms with Gasteiger partial charge < -0.3 is 14.4 Å². The normalized spacial score (nSPS) is 14.8. The van der Waals surface area contributed by atoms with Crippen molar-refractivity contribution in [1.82, 2.24) is 0 Å². The summed E-state index contributed by atoms with van der Waals surface area (Å²) in [6.45, 7) is 20.5. The molecule has 0 saturated carbocycles. The maximum absolute atomic E-state index is 6.95. The van der Waals surface area contributed by atoms with Crippen molar-refractivity contribution in [2.24, 2.45) is 0 Å². The molecule has 0 aromatic heterocycles. The minimum atomic E-state index is -0.0585. The molecule has 0 atom stereocenters. The lowest BCUT2D eigenvalue weighted by atomic mass is 9.33. The summed E-state index contributed by atoms with van der Waals surface area (Å²) in [5.41, 5.74) is 10.7. The largest absolute Gasteiger partial charge is 0.458 e. The first-order valence-corrected chi connectivity index (χ1v) is 15.9. The van der Waals surface area contributed by atoms with Gasteiger partial charge in [0.05, 0.1) is 0 Å². The molecule has 0 fully saturated rings. The van der Waals surface area contributed by atoms with E-state index >= 15 is 0 Å². The van der Waals surface area contributed by atoms with Crippen molar-refractivity contribution in [1.29, 1.82) is 0 Å². The number of benzene rings is 5. The van der Waals surface area contributed by atoms with Crippen molar-refractivity contribution in [3.63, 3.8) is 0 Å². The van der Waals surface area contributed by atoms with Crippen LogP contribution < -0.4 is 30.8 Å². The van der Waals surface area contributed by atoms with Gasteiger partial charge in [-0.1, -0.05) is 92.6 Å². The molecule has 0 bridgehead atoms. The summed E-state index contributed by atoms with van der Waals surface area (Å²) < 4.78 is 13.9. The third-order valence-corrected chi connectivity index (χ3v) is 9.72. The van der Waals surface area contributed by atoms with Gasteiger partial charge in [0.15, 0.2) is 0 Å².